The Morgan fingerprint density at radius 2 is 0.958 bits per heavy atom. The van der Waals surface area contributed by atoms with E-state index in [0.29, 0.717) is 48.2 Å². The summed E-state index contributed by atoms with van der Waals surface area (Å²) in [5.74, 6) is -0.964. The lowest BCUT2D eigenvalue weighted by Gasteiger charge is -2.39. The number of carbonyl (C=O) groups excluding carboxylic acids is 4. The van der Waals surface area contributed by atoms with E-state index in [1.54, 1.807) is 24.3 Å². The highest BCUT2D eigenvalue weighted by molar-refractivity contribution is 6.08. The highest BCUT2D eigenvalue weighted by Crippen LogP contribution is 2.42. The van der Waals surface area contributed by atoms with Crippen LogP contribution in [0.3, 0.4) is 0 Å². The second-order valence-electron chi connectivity index (χ2n) is 17.6. The number of anilines is 2. The summed E-state index contributed by atoms with van der Waals surface area (Å²) < 4.78 is 83.2. The average Bonchev–Trinajstić information content (AvgIpc) is 3.85. The van der Waals surface area contributed by atoms with Gasteiger partial charge in [-0.2, -0.15) is 36.9 Å². The molecule has 0 saturated carbocycles. The van der Waals surface area contributed by atoms with E-state index in [1.807, 2.05) is 12.1 Å². The molecule has 368 valence electrons. The molecule has 0 aromatic heterocycles. The van der Waals surface area contributed by atoms with Crippen LogP contribution in [0.5, 0.6) is 0 Å². The molecule has 6 amide bonds. The molecule has 0 radical (unpaired) electrons. The van der Waals surface area contributed by atoms with Gasteiger partial charge in [-0.3, -0.25) is 19.4 Å². The highest BCUT2D eigenvalue weighted by Gasteiger charge is 2.47. The van der Waals surface area contributed by atoms with E-state index < -0.39 is 59.4 Å². The minimum Gasteiger partial charge on any atom is -0.391 e. The van der Waals surface area contributed by atoms with Crippen LogP contribution in [-0.2, 0) is 21.9 Å². The number of amides is 6. The van der Waals surface area contributed by atoms with E-state index in [0.717, 1.165) is 34.1 Å². The van der Waals surface area contributed by atoms with Gasteiger partial charge in [0.1, 0.15) is 13.1 Å². The molecule has 0 spiro atoms. The van der Waals surface area contributed by atoms with Crippen molar-refractivity contribution in [2.75, 3.05) is 75.4 Å². The zero-order valence-electron chi connectivity index (χ0n) is 37.8. The topological polar surface area (TPSA) is 193 Å². The number of quaternary nitrogens is 1. The Labute approximate surface area is 403 Å². The van der Waals surface area contributed by atoms with Gasteiger partial charge in [0.05, 0.1) is 120 Å². The Hall–Kier alpha value is -7.72. The SMILES string of the molecule is N#Cc1ccc([C@H]2NC(=O)N(c3cccc(C(F)(F)F)c3)C3=C2C(=O)N(CCC[N+](CCO)(CCO)CCCN2CC4=C(C2=O)[C@@H](c2ccc(C#N)cc2)NC(=O)N4c2cccc(C(F)(F)F)c2)C3)cc1. The third-order valence-corrected chi connectivity index (χ3v) is 13.3. The standard InChI is InChI=1S/C50H45F6N9O6/c51-49(52,53)35-5-1-7-37(25-35)63-39-29-61(45(68)41(39)43(59-47(63)70)33-13-9-31(27-57)10-14-33)17-3-19-65(21-23-66,22-24-67)20-4-18-62-30-40-42(46(62)69)44(34-15-11-32(28-58)12-16-34)60-48(71)64(40)38-8-2-6-36(26-38)50(54,55)56/h1-2,5-16,25-26,43-44,66-67H,3-4,17-24,29-30H2,(H-,59,60,70,71)/p+1/t43-,44-/m1/s1. The number of nitrogens with zero attached hydrogens (tertiary/aromatic N) is 7. The predicted octanol–water partition coefficient (Wildman–Crippen LogP) is 6.48. The van der Waals surface area contributed by atoms with Gasteiger partial charge in [-0.25, -0.2) is 9.59 Å². The van der Waals surface area contributed by atoms with Gasteiger partial charge >= 0.3 is 24.4 Å². The number of hydrogen-bond acceptors (Lipinski definition) is 8. The number of nitrogens with one attached hydrogen (secondary N) is 2. The van der Waals surface area contributed by atoms with Crippen LogP contribution in [0.4, 0.5) is 47.3 Å². The predicted molar refractivity (Wildman–Crippen MR) is 243 cm³/mol. The van der Waals surface area contributed by atoms with Gasteiger partial charge < -0.3 is 35.1 Å². The summed E-state index contributed by atoms with van der Waals surface area (Å²) >= 11 is 0. The molecule has 0 fully saturated rings. The number of benzene rings is 4. The van der Waals surface area contributed by atoms with Crippen molar-refractivity contribution in [2.24, 2.45) is 0 Å². The van der Waals surface area contributed by atoms with Gasteiger partial charge in [-0.15, -0.1) is 0 Å². The Bertz CT molecular complexity index is 2700. The maximum atomic E-state index is 14.4. The summed E-state index contributed by atoms with van der Waals surface area (Å²) in [5.41, 5.74) is -0.00258. The lowest BCUT2D eigenvalue weighted by atomic mass is 9.94. The molecule has 0 saturated heterocycles. The summed E-state index contributed by atoms with van der Waals surface area (Å²) in [4.78, 5) is 61.5. The molecule has 4 aromatic carbocycles. The zero-order valence-corrected chi connectivity index (χ0v) is 37.8. The molecular weight excluding hydrogens is 937 g/mol. The van der Waals surface area contributed by atoms with Crippen molar-refractivity contribution in [1.82, 2.24) is 20.4 Å². The smallest absolute Gasteiger partial charge is 0.391 e. The van der Waals surface area contributed by atoms with Gasteiger partial charge in [-0.05, 0) is 71.8 Å². The van der Waals surface area contributed by atoms with Crippen molar-refractivity contribution in [3.8, 4) is 12.1 Å². The molecule has 4 N–H and O–H groups in total. The van der Waals surface area contributed by atoms with Crippen LogP contribution in [0.15, 0.2) is 120 Å². The van der Waals surface area contributed by atoms with Gasteiger partial charge in [0.25, 0.3) is 11.8 Å². The van der Waals surface area contributed by atoms with Crippen molar-refractivity contribution in [2.45, 2.75) is 37.3 Å². The van der Waals surface area contributed by atoms with E-state index in [-0.39, 0.29) is 90.9 Å². The molecule has 21 heteroatoms. The Kier molecular flexibility index (Phi) is 14.0. The average molecular weight is 983 g/mol. The van der Waals surface area contributed by atoms with Crippen molar-refractivity contribution in [1.29, 1.82) is 10.5 Å². The lowest BCUT2D eigenvalue weighted by molar-refractivity contribution is -0.929. The quantitative estimate of drug-likeness (QED) is 0.0724. The fraction of sp³-hybridized carbons (Fsp3) is 0.320. The first-order valence-electron chi connectivity index (χ1n) is 22.6. The number of alkyl halides is 6. The molecule has 4 aliphatic rings. The number of aliphatic hydroxyl groups is 2. The number of nitriles is 2. The zero-order chi connectivity index (χ0) is 50.8. The Morgan fingerprint density at radius 3 is 1.30 bits per heavy atom. The molecule has 0 aliphatic carbocycles. The first kappa shape index (κ1) is 49.7. The largest absolute Gasteiger partial charge is 0.416 e. The fourth-order valence-electron chi connectivity index (χ4n) is 9.83. The highest BCUT2D eigenvalue weighted by atomic mass is 19.4. The monoisotopic (exact) mass is 982 g/mol. The second kappa shape index (κ2) is 19.9. The first-order chi connectivity index (χ1) is 33.9. The number of aliphatic hydroxyl groups excluding tert-OH is 2. The van der Waals surface area contributed by atoms with Crippen LogP contribution < -0.4 is 20.4 Å². The molecule has 15 nitrogen and oxygen atoms in total. The van der Waals surface area contributed by atoms with E-state index in [1.165, 1.54) is 58.3 Å². The van der Waals surface area contributed by atoms with Crippen LogP contribution in [-0.4, -0.2) is 114 Å². The van der Waals surface area contributed by atoms with Crippen LogP contribution >= 0.6 is 0 Å². The molecule has 71 heavy (non-hydrogen) atoms. The summed E-state index contributed by atoms with van der Waals surface area (Å²) in [6, 6.07) is 21.3. The van der Waals surface area contributed by atoms with Crippen LogP contribution in [0.1, 0.15) is 58.3 Å². The molecule has 4 aromatic rings. The molecule has 4 heterocycles. The number of carbonyl (C=O) groups is 4. The minimum atomic E-state index is -4.72. The van der Waals surface area contributed by atoms with Crippen molar-refractivity contribution in [3.05, 3.63) is 153 Å². The van der Waals surface area contributed by atoms with Crippen LogP contribution in [0.2, 0.25) is 0 Å². The Balaban J connectivity index is 1.00. The molecule has 2 atom stereocenters. The number of rotatable bonds is 16. The van der Waals surface area contributed by atoms with Crippen molar-refractivity contribution < 1.29 is 60.2 Å². The molecule has 4 aliphatic heterocycles. The van der Waals surface area contributed by atoms with Crippen molar-refractivity contribution in [3.63, 3.8) is 0 Å². The number of halogens is 6. The van der Waals surface area contributed by atoms with Gasteiger partial charge in [0.2, 0.25) is 0 Å². The van der Waals surface area contributed by atoms with E-state index in [9.17, 15) is 66.3 Å². The fourth-order valence-corrected chi connectivity index (χ4v) is 9.83. The maximum absolute atomic E-state index is 14.4. The van der Waals surface area contributed by atoms with E-state index >= 15 is 0 Å². The van der Waals surface area contributed by atoms with Gasteiger partial charge in [0.15, 0.2) is 0 Å². The van der Waals surface area contributed by atoms with Crippen molar-refractivity contribution >= 4 is 35.3 Å². The summed E-state index contributed by atoms with van der Waals surface area (Å²) in [6.07, 6.45) is -8.85. The summed E-state index contributed by atoms with van der Waals surface area (Å²) in [5, 5.41) is 44.9. The third kappa shape index (κ3) is 10.0. The maximum Gasteiger partial charge on any atom is 0.416 e. The Morgan fingerprint density at radius 1 is 0.577 bits per heavy atom. The molecule has 0 unspecified atom stereocenters. The molecular formula is C50H46F6N9O6+. The van der Waals surface area contributed by atoms with Gasteiger partial charge in [0, 0.05) is 25.9 Å². The number of hydrogen-bond donors (Lipinski definition) is 4. The van der Waals surface area contributed by atoms with E-state index in [2.05, 4.69) is 10.6 Å². The minimum absolute atomic E-state index is 0.0950. The molecule has 0 bridgehead atoms. The summed E-state index contributed by atoms with van der Waals surface area (Å²) in [6.45, 7) is 0.242. The third-order valence-electron chi connectivity index (χ3n) is 13.3. The molecule has 8 rings (SSSR count). The lowest BCUT2D eigenvalue weighted by Crippen LogP contribution is -2.54. The van der Waals surface area contributed by atoms with Gasteiger partial charge in [-0.1, -0.05) is 36.4 Å². The first-order valence-corrected chi connectivity index (χ1v) is 22.6. The second-order valence-corrected chi connectivity index (χ2v) is 17.6. The summed E-state index contributed by atoms with van der Waals surface area (Å²) in [7, 11) is 0. The van der Waals surface area contributed by atoms with E-state index in [4.69, 9.17) is 0 Å². The van der Waals surface area contributed by atoms with Crippen LogP contribution in [0.25, 0.3) is 0 Å². The number of urea groups is 2. The normalized spacial score (nSPS) is 18.4. The van der Waals surface area contributed by atoms with Crippen LogP contribution in [0, 0.1) is 22.7 Å².